The summed E-state index contributed by atoms with van der Waals surface area (Å²) >= 11 is 0. The highest BCUT2D eigenvalue weighted by Crippen LogP contribution is 2.18. The summed E-state index contributed by atoms with van der Waals surface area (Å²) in [5.74, 6) is 0.924. The first-order valence-electron chi connectivity index (χ1n) is 6.06. The van der Waals surface area contributed by atoms with Crippen LogP contribution >= 0.6 is 0 Å². The van der Waals surface area contributed by atoms with E-state index in [0.29, 0.717) is 0 Å². The zero-order chi connectivity index (χ0) is 12.1. The van der Waals surface area contributed by atoms with Crippen molar-refractivity contribution in [3.63, 3.8) is 0 Å². The van der Waals surface area contributed by atoms with E-state index in [0.717, 1.165) is 36.7 Å². The minimum atomic E-state index is 0.906. The van der Waals surface area contributed by atoms with Crippen molar-refractivity contribution in [2.24, 2.45) is 0 Å². The molecule has 0 bridgehead atoms. The van der Waals surface area contributed by atoms with E-state index in [2.05, 4.69) is 33.7 Å². The summed E-state index contributed by atoms with van der Waals surface area (Å²) in [6.07, 6.45) is 6.72. The normalized spacial score (nSPS) is 10.5. The van der Waals surface area contributed by atoms with E-state index in [1.807, 2.05) is 30.7 Å². The molecule has 17 heavy (non-hydrogen) atoms. The number of nitrogens with zero attached hydrogens (tertiary/aromatic N) is 3. The lowest BCUT2D eigenvalue weighted by atomic mass is 10.3. The van der Waals surface area contributed by atoms with Crippen molar-refractivity contribution in [3.05, 3.63) is 30.7 Å². The predicted octanol–water partition coefficient (Wildman–Crippen LogP) is 2.79. The van der Waals surface area contributed by atoms with E-state index in [-0.39, 0.29) is 0 Å². The third-order valence-electron chi connectivity index (χ3n) is 2.62. The van der Waals surface area contributed by atoms with Crippen LogP contribution in [0.5, 0.6) is 0 Å². The zero-order valence-electron chi connectivity index (χ0n) is 10.3. The number of anilines is 1. The van der Waals surface area contributed by atoms with Crippen molar-refractivity contribution in [1.82, 2.24) is 14.5 Å². The van der Waals surface area contributed by atoms with E-state index in [4.69, 9.17) is 0 Å². The fourth-order valence-corrected chi connectivity index (χ4v) is 1.73. The van der Waals surface area contributed by atoms with Gasteiger partial charge in [-0.2, -0.15) is 0 Å². The van der Waals surface area contributed by atoms with Crippen molar-refractivity contribution >= 4 is 5.69 Å². The molecule has 0 aliphatic rings. The van der Waals surface area contributed by atoms with Crippen LogP contribution in [0.25, 0.3) is 11.5 Å². The van der Waals surface area contributed by atoms with Gasteiger partial charge in [0.25, 0.3) is 0 Å². The standard InChI is InChI=1S/C13H18N4/c1-3-6-14-11-5-7-15-12(10-11)13-16-8-9-17(13)4-2/h5,7-10H,3-4,6H2,1-2H3,(H,14,15). The van der Waals surface area contributed by atoms with Gasteiger partial charge in [-0.1, -0.05) is 6.92 Å². The average Bonchev–Trinajstić information content (AvgIpc) is 2.85. The van der Waals surface area contributed by atoms with Crippen molar-refractivity contribution in [2.45, 2.75) is 26.8 Å². The SMILES string of the molecule is CCCNc1ccnc(-c2nccn2CC)c1. The molecule has 0 saturated carbocycles. The Morgan fingerprint density at radius 3 is 2.88 bits per heavy atom. The number of nitrogens with one attached hydrogen (secondary N) is 1. The van der Waals surface area contributed by atoms with Crippen LogP contribution in [-0.2, 0) is 6.54 Å². The van der Waals surface area contributed by atoms with Gasteiger partial charge in [-0.3, -0.25) is 4.98 Å². The zero-order valence-corrected chi connectivity index (χ0v) is 10.3. The van der Waals surface area contributed by atoms with E-state index >= 15 is 0 Å². The lowest BCUT2D eigenvalue weighted by Crippen LogP contribution is -2.02. The van der Waals surface area contributed by atoms with Crippen molar-refractivity contribution in [3.8, 4) is 11.5 Å². The van der Waals surface area contributed by atoms with E-state index in [9.17, 15) is 0 Å². The molecule has 0 saturated heterocycles. The molecule has 2 rings (SSSR count). The monoisotopic (exact) mass is 230 g/mol. The molecule has 0 radical (unpaired) electrons. The minimum absolute atomic E-state index is 0.906. The van der Waals surface area contributed by atoms with E-state index in [1.165, 1.54) is 0 Å². The Bertz CT molecular complexity index is 476. The lowest BCUT2D eigenvalue weighted by Gasteiger charge is -2.07. The van der Waals surface area contributed by atoms with Gasteiger partial charge in [0.2, 0.25) is 0 Å². The number of aryl methyl sites for hydroxylation is 1. The maximum atomic E-state index is 4.38. The average molecular weight is 230 g/mol. The van der Waals surface area contributed by atoms with Crippen LogP contribution in [0.15, 0.2) is 30.7 Å². The molecule has 1 N–H and O–H groups in total. The van der Waals surface area contributed by atoms with Crippen LogP contribution < -0.4 is 5.32 Å². The largest absolute Gasteiger partial charge is 0.385 e. The second-order valence-electron chi connectivity index (χ2n) is 3.89. The van der Waals surface area contributed by atoms with Gasteiger partial charge in [0.05, 0.1) is 0 Å². The Kier molecular flexibility index (Phi) is 3.75. The van der Waals surface area contributed by atoms with Crippen molar-refractivity contribution in [1.29, 1.82) is 0 Å². The van der Waals surface area contributed by atoms with Crippen molar-refractivity contribution < 1.29 is 0 Å². The van der Waals surface area contributed by atoms with Gasteiger partial charge in [-0.05, 0) is 25.5 Å². The van der Waals surface area contributed by atoms with Gasteiger partial charge in [0.1, 0.15) is 5.69 Å². The molecule has 0 amide bonds. The fraction of sp³-hybridized carbons (Fsp3) is 0.385. The third-order valence-corrected chi connectivity index (χ3v) is 2.62. The molecule has 0 fully saturated rings. The maximum Gasteiger partial charge on any atom is 0.158 e. The molecular weight excluding hydrogens is 212 g/mol. The number of hydrogen-bond acceptors (Lipinski definition) is 3. The van der Waals surface area contributed by atoms with Gasteiger partial charge in [0.15, 0.2) is 5.82 Å². The molecule has 2 heterocycles. The lowest BCUT2D eigenvalue weighted by molar-refractivity contribution is 0.768. The molecule has 0 unspecified atom stereocenters. The first-order valence-corrected chi connectivity index (χ1v) is 6.06. The summed E-state index contributed by atoms with van der Waals surface area (Å²) < 4.78 is 2.09. The predicted molar refractivity (Wildman–Crippen MR) is 69.9 cm³/mol. The molecule has 4 heteroatoms. The second kappa shape index (κ2) is 5.48. The van der Waals surface area contributed by atoms with Gasteiger partial charge >= 0.3 is 0 Å². The molecule has 0 aliphatic heterocycles. The van der Waals surface area contributed by atoms with Crippen LogP contribution in [0, 0.1) is 0 Å². The number of aromatic nitrogens is 3. The number of imidazole rings is 1. The Hall–Kier alpha value is -1.84. The Labute approximate surface area is 102 Å². The highest BCUT2D eigenvalue weighted by atomic mass is 15.1. The van der Waals surface area contributed by atoms with Gasteiger partial charge in [0, 0.05) is 37.4 Å². The number of rotatable bonds is 5. The topological polar surface area (TPSA) is 42.7 Å². The molecular formula is C13H18N4. The maximum absolute atomic E-state index is 4.38. The highest BCUT2D eigenvalue weighted by molar-refractivity contribution is 5.58. The van der Waals surface area contributed by atoms with Crippen LogP contribution in [0.4, 0.5) is 5.69 Å². The fourth-order valence-electron chi connectivity index (χ4n) is 1.73. The summed E-state index contributed by atoms with van der Waals surface area (Å²) in [7, 11) is 0. The van der Waals surface area contributed by atoms with Gasteiger partial charge < -0.3 is 9.88 Å². The molecule has 0 atom stereocenters. The van der Waals surface area contributed by atoms with Crippen LogP contribution in [0.3, 0.4) is 0 Å². The summed E-state index contributed by atoms with van der Waals surface area (Å²) in [5, 5.41) is 3.36. The minimum Gasteiger partial charge on any atom is -0.385 e. The molecule has 0 aromatic carbocycles. The third kappa shape index (κ3) is 2.64. The molecule has 0 aliphatic carbocycles. The van der Waals surface area contributed by atoms with E-state index < -0.39 is 0 Å². The Morgan fingerprint density at radius 2 is 2.12 bits per heavy atom. The van der Waals surface area contributed by atoms with Crippen molar-refractivity contribution in [2.75, 3.05) is 11.9 Å². The molecule has 2 aromatic rings. The van der Waals surface area contributed by atoms with Crippen LogP contribution in [-0.4, -0.2) is 21.1 Å². The van der Waals surface area contributed by atoms with E-state index in [1.54, 1.807) is 0 Å². The van der Waals surface area contributed by atoms with Crippen LogP contribution in [0.2, 0.25) is 0 Å². The van der Waals surface area contributed by atoms with Crippen LogP contribution in [0.1, 0.15) is 20.3 Å². The molecule has 4 nitrogen and oxygen atoms in total. The smallest absolute Gasteiger partial charge is 0.158 e. The number of pyridine rings is 1. The van der Waals surface area contributed by atoms with Gasteiger partial charge in [-0.15, -0.1) is 0 Å². The number of hydrogen-bond donors (Lipinski definition) is 1. The molecule has 90 valence electrons. The second-order valence-corrected chi connectivity index (χ2v) is 3.89. The summed E-state index contributed by atoms with van der Waals surface area (Å²) in [6.45, 7) is 6.14. The molecule has 0 spiro atoms. The first kappa shape index (κ1) is 11.6. The summed E-state index contributed by atoms with van der Waals surface area (Å²) in [6, 6.07) is 4.03. The van der Waals surface area contributed by atoms with Gasteiger partial charge in [-0.25, -0.2) is 4.98 Å². The first-order chi connectivity index (χ1) is 8.35. The Balaban J connectivity index is 2.26. The summed E-state index contributed by atoms with van der Waals surface area (Å²) in [4.78, 5) is 8.73. The Morgan fingerprint density at radius 1 is 1.24 bits per heavy atom. The quantitative estimate of drug-likeness (QED) is 0.858. The highest BCUT2D eigenvalue weighted by Gasteiger charge is 2.06. The molecule has 2 aromatic heterocycles. The summed E-state index contributed by atoms with van der Waals surface area (Å²) in [5.41, 5.74) is 2.01.